The summed E-state index contributed by atoms with van der Waals surface area (Å²) >= 11 is 0. The molecule has 3 heterocycles. The molecule has 0 fully saturated rings. The van der Waals surface area contributed by atoms with Crippen LogP contribution in [0.4, 0.5) is 10.1 Å². The summed E-state index contributed by atoms with van der Waals surface area (Å²) in [7, 11) is 5.48. The second kappa shape index (κ2) is 10.9. The van der Waals surface area contributed by atoms with Gasteiger partial charge in [0.05, 0.1) is 36.9 Å². The zero-order valence-electron chi connectivity index (χ0n) is 19.4. The maximum atomic E-state index is 14.1. The maximum absolute atomic E-state index is 14.1. The first-order chi connectivity index (χ1) is 15.6. The first-order valence-corrected chi connectivity index (χ1v) is 10.9. The van der Waals surface area contributed by atoms with E-state index < -0.39 is 5.82 Å². The number of rotatable bonds is 8. The lowest BCUT2D eigenvalue weighted by atomic mass is 10.0. The van der Waals surface area contributed by atoms with Crippen molar-refractivity contribution in [1.29, 1.82) is 0 Å². The predicted molar refractivity (Wildman–Crippen MR) is 128 cm³/mol. The topological polar surface area (TPSA) is 67.6 Å². The predicted octanol–water partition coefficient (Wildman–Crippen LogP) is 4.55. The van der Waals surface area contributed by atoms with E-state index in [1.54, 1.807) is 23.0 Å². The lowest BCUT2D eigenvalue weighted by Crippen LogP contribution is -2.20. The first kappa shape index (κ1) is 23.4. The molecule has 170 valence electrons. The number of anilines is 1. The van der Waals surface area contributed by atoms with Crippen LogP contribution in [0.5, 0.6) is 5.75 Å². The summed E-state index contributed by atoms with van der Waals surface area (Å²) in [5, 5.41) is 8.46. The number of methoxy groups -OCH3 is 1. The van der Waals surface area contributed by atoms with Gasteiger partial charge in [-0.25, -0.2) is 13.9 Å². The highest BCUT2D eigenvalue weighted by atomic mass is 19.1. The molecule has 0 bridgehead atoms. The Morgan fingerprint density at radius 1 is 1.12 bits per heavy atom. The third-order valence-electron chi connectivity index (χ3n) is 5.26. The molecule has 1 N–H and O–H groups in total. The van der Waals surface area contributed by atoms with E-state index in [9.17, 15) is 4.39 Å². The van der Waals surface area contributed by atoms with Gasteiger partial charge in [0.2, 0.25) is 0 Å². The Balaban J connectivity index is 0.00000141. The van der Waals surface area contributed by atoms with Crippen molar-refractivity contribution in [3.05, 3.63) is 48.8 Å². The molecule has 0 radical (unpaired) electrons. The fourth-order valence-corrected chi connectivity index (χ4v) is 3.57. The smallest absolute Gasteiger partial charge is 0.167 e. The number of fused-ring (bicyclic) bond motifs is 2. The molecular formula is C24H31FN6O. The van der Waals surface area contributed by atoms with Gasteiger partial charge >= 0.3 is 0 Å². The molecule has 1 aromatic carbocycles. The van der Waals surface area contributed by atoms with Crippen molar-refractivity contribution < 1.29 is 9.13 Å². The molecule has 0 unspecified atom stereocenters. The van der Waals surface area contributed by atoms with Gasteiger partial charge in [0.25, 0.3) is 0 Å². The number of hydrogen-bond acceptors (Lipinski definition) is 6. The minimum Gasteiger partial charge on any atom is -0.494 e. The van der Waals surface area contributed by atoms with Crippen LogP contribution < -0.4 is 15.0 Å². The molecule has 7 nitrogen and oxygen atoms in total. The third kappa shape index (κ3) is 4.80. The summed E-state index contributed by atoms with van der Waals surface area (Å²) in [5.41, 5.74) is 4.04. The van der Waals surface area contributed by atoms with Crippen molar-refractivity contribution >= 4 is 22.2 Å². The van der Waals surface area contributed by atoms with E-state index in [0.29, 0.717) is 5.52 Å². The van der Waals surface area contributed by atoms with E-state index >= 15 is 0 Å². The summed E-state index contributed by atoms with van der Waals surface area (Å²) in [6, 6.07) is 4.95. The molecule has 0 atom stereocenters. The molecule has 0 aliphatic rings. The minimum absolute atomic E-state index is 0.184. The molecule has 8 heteroatoms. The fourth-order valence-electron chi connectivity index (χ4n) is 3.57. The Morgan fingerprint density at radius 3 is 2.69 bits per heavy atom. The molecule has 0 aliphatic carbocycles. The van der Waals surface area contributed by atoms with Crippen LogP contribution in [0.3, 0.4) is 0 Å². The second-order valence-electron chi connectivity index (χ2n) is 7.23. The SMILES string of the molecule is CC.CNCCCCN(C)c1cnc2c(-c3ccnc4cc(F)c(OC)cc34)cnn2c1. The normalized spacial score (nSPS) is 10.8. The summed E-state index contributed by atoms with van der Waals surface area (Å²) in [6.45, 7) is 5.96. The second-order valence-corrected chi connectivity index (χ2v) is 7.23. The van der Waals surface area contributed by atoms with E-state index in [2.05, 4.69) is 32.3 Å². The van der Waals surface area contributed by atoms with Crippen molar-refractivity contribution in [3.63, 3.8) is 0 Å². The summed E-state index contributed by atoms with van der Waals surface area (Å²) in [4.78, 5) is 11.1. The number of pyridine rings is 1. The van der Waals surface area contributed by atoms with Crippen LogP contribution in [0, 0.1) is 5.82 Å². The Kier molecular flexibility index (Phi) is 7.94. The lowest BCUT2D eigenvalue weighted by molar-refractivity contribution is 0.387. The van der Waals surface area contributed by atoms with Crippen molar-refractivity contribution in [2.45, 2.75) is 26.7 Å². The quantitative estimate of drug-likeness (QED) is 0.407. The minimum atomic E-state index is -0.435. The highest BCUT2D eigenvalue weighted by molar-refractivity contribution is 5.98. The number of hydrogen-bond donors (Lipinski definition) is 1. The van der Waals surface area contributed by atoms with Crippen LogP contribution in [0.15, 0.2) is 43.0 Å². The number of ether oxygens (including phenoxy) is 1. The molecule has 4 aromatic rings. The van der Waals surface area contributed by atoms with Crippen LogP contribution in [0.1, 0.15) is 26.7 Å². The zero-order valence-corrected chi connectivity index (χ0v) is 19.4. The van der Waals surface area contributed by atoms with Gasteiger partial charge in [0, 0.05) is 36.8 Å². The maximum Gasteiger partial charge on any atom is 0.167 e. The monoisotopic (exact) mass is 438 g/mol. The number of benzene rings is 1. The van der Waals surface area contributed by atoms with Crippen molar-refractivity contribution in [1.82, 2.24) is 24.9 Å². The molecule has 0 aliphatic heterocycles. The Labute approximate surface area is 188 Å². The van der Waals surface area contributed by atoms with Crippen molar-refractivity contribution in [3.8, 4) is 16.9 Å². The molecule has 0 saturated carbocycles. The van der Waals surface area contributed by atoms with Crippen molar-refractivity contribution in [2.75, 3.05) is 39.2 Å². The lowest BCUT2D eigenvalue weighted by Gasteiger charge is -2.18. The molecule has 0 spiro atoms. The number of halogens is 1. The van der Waals surface area contributed by atoms with E-state index in [1.165, 1.54) is 13.2 Å². The number of nitrogens with zero attached hydrogens (tertiary/aromatic N) is 5. The molecular weight excluding hydrogens is 407 g/mol. The standard InChI is InChI=1S/C22H25FN6O.C2H6/c1-24-7-4-5-9-28(2)15-12-26-22-18(13-27-29(22)14-15)16-6-8-25-20-11-19(23)21(30-3)10-17(16)20;1-2/h6,8,10-14,24H,4-5,7,9H2,1-3H3;1-2H3. The van der Waals surface area contributed by atoms with Crippen LogP contribution in [-0.2, 0) is 0 Å². The number of unbranched alkanes of at least 4 members (excludes halogenated alkanes) is 1. The van der Waals surface area contributed by atoms with E-state index in [1.807, 2.05) is 39.4 Å². The summed E-state index contributed by atoms with van der Waals surface area (Å²) in [5.74, 6) is -0.251. The highest BCUT2D eigenvalue weighted by Gasteiger charge is 2.15. The summed E-state index contributed by atoms with van der Waals surface area (Å²) in [6.07, 6.45) is 9.52. The number of nitrogens with one attached hydrogen (secondary N) is 1. The van der Waals surface area contributed by atoms with E-state index in [-0.39, 0.29) is 5.75 Å². The van der Waals surface area contributed by atoms with Gasteiger partial charge in [-0.05, 0) is 44.1 Å². The van der Waals surface area contributed by atoms with Crippen LogP contribution in [0.2, 0.25) is 0 Å². The Morgan fingerprint density at radius 2 is 1.94 bits per heavy atom. The van der Waals surface area contributed by atoms with Crippen LogP contribution in [0.25, 0.3) is 27.7 Å². The first-order valence-electron chi connectivity index (χ1n) is 10.9. The Bertz CT molecular complexity index is 1180. The molecule has 0 amide bonds. The van der Waals surface area contributed by atoms with Crippen molar-refractivity contribution in [2.24, 2.45) is 0 Å². The average Bonchev–Trinajstić information content (AvgIpc) is 3.25. The fraction of sp³-hybridized carbons (Fsp3) is 0.375. The average molecular weight is 439 g/mol. The van der Waals surface area contributed by atoms with Gasteiger partial charge in [-0.15, -0.1) is 0 Å². The van der Waals surface area contributed by atoms with Gasteiger partial charge in [0.1, 0.15) is 0 Å². The van der Waals surface area contributed by atoms with Gasteiger partial charge in [-0.1, -0.05) is 13.8 Å². The highest BCUT2D eigenvalue weighted by Crippen LogP contribution is 2.33. The van der Waals surface area contributed by atoms with Gasteiger partial charge in [-0.3, -0.25) is 4.98 Å². The van der Waals surface area contributed by atoms with Gasteiger partial charge in [0.15, 0.2) is 17.2 Å². The van der Waals surface area contributed by atoms with Gasteiger partial charge in [-0.2, -0.15) is 5.10 Å². The third-order valence-corrected chi connectivity index (χ3v) is 5.26. The Hall–Kier alpha value is -3.26. The van der Waals surface area contributed by atoms with E-state index in [4.69, 9.17) is 4.74 Å². The molecule has 32 heavy (non-hydrogen) atoms. The molecule has 3 aromatic heterocycles. The van der Waals surface area contributed by atoms with Crippen LogP contribution >= 0.6 is 0 Å². The van der Waals surface area contributed by atoms with E-state index in [0.717, 1.165) is 53.8 Å². The molecule has 4 rings (SSSR count). The number of aromatic nitrogens is 4. The molecule has 0 saturated heterocycles. The van der Waals surface area contributed by atoms with Gasteiger partial charge < -0.3 is 15.0 Å². The van der Waals surface area contributed by atoms with Crippen LogP contribution in [-0.4, -0.2) is 53.9 Å². The largest absolute Gasteiger partial charge is 0.494 e. The summed E-state index contributed by atoms with van der Waals surface area (Å²) < 4.78 is 21.0. The zero-order chi connectivity index (χ0) is 23.1.